The Hall–Kier alpha value is -1.46. The van der Waals surface area contributed by atoms with E-state index < -0.39 is 12.0 Å². The van der Waals surface area contributed by atoms with Crippen LogP contribution < -0.4 is 0 Å². The number of hydrogen-bond donors (Lipinski definition) is 0. The van der Waals surface area contributed by atoms with Crippen LogP contribution in [0.4, 0.5) is 0 Å². The van der Waals surface area contributed by atoms with Gasteiger partial charge in [-0.3, -0.25) is 19.7 Å². The lowest BCUT2D eigenvalue weighted by Crippen LogP contribution is -2.43. The normalized spacial score (nSPS) is 32.0. The van der Waals surface area contributed by atoms with E-state index in [0.29, 0.717) is 6.42 Å². The molecule has 118 valence electrons. The van der Waals surface area contributed by atoms with Crippen molar-refractivity contribution in [1.29, 1.82) is 0 Å². The zero-order valence-electron chi connectivity index (χ0n) is 12.5. The Balaban J connectivity index is 2.07. The first kappa shape index (κ1) is 15.9. The molecule has 0 aromatic rings. The third kappa shape index (κ3) is 3.80. The van der Waals surface area contributed by atoms with Crippen LogP contribution in [0.3, 0.4) is 0 Å². The number of ketones is 1. The van der Waals surface area contributed by atoms with E-state index in [1.54, 1.807) is 6.92 Å². The molecule has 2 saturated carbocycles. The van der Waals surface area contributed by atoms with Crippen LogP contribution >= 0.6 is 0 Å². The van der Waals surface area contributed by atoms with Crippen LogP contribution in [0.2, 0.25) is 0 Å². The van der Waals surface area contributed by atoms with Gasteiger partial charge in [0.15, 0.2) is 0 Å². The van der Waals surface area contributed by atoms with E-state index in [2.05, 4.69) is 0 Å². The van der Waals surface area contributed by atoms with Crippen LogP contribution in [0.15, 0.2) is 0 Å². The molecule has 2 rings (SSSR count). The van der Waals surface area contributed by atoms with Crippen molar-refractivity contribution >= 4 is 11.8 Å². The molecular formula is C15H23NO5. The lowest BCUT2D eigenvalue weighted by Gasteiger charge is -2.41. The average molecular weight is 297 g/mol. The highest BCUT2D eigenvalue weighted by Gasteiger charge is 2.46. The van der Waals surface area contributed by atoms with Gasteiger partial charge in [-0.05, 0) is 31.6 Å². The summed E-state index contributed by atoms with van der Waals surface area (Å²) < 4.78 is 4.82. The number of carbonyl (C=O) groups excluding carboxylic acids is 2. The maximum Gasteiger partial charge on any atom is 0.313 e. The lowest BCUT2D eigenvalue weighted by molar-refractivity contribution is -0.530. The predicted octanol–water partition coefficient (Wildman–Crippen LogP) is 2.37. The molecule has 0 spiro atoms. The molecular weight excluding hydrogens is 274 g/mol. The summed E-state index contributed by atoms with van der Waals surface area (Å²) >= 11 is 0. The smallest absolute Gasteiger partial charge is 0.313 e. The Bertz CT molecular complexity index is 422. The van der Waals surface area contributed by atoms with Gasteiger partial charge >= 0.3 is 5.97 Å². The third-order valence-corrected chi connectivity index (χ3v) is 4.92. The van der Waals surface area contributed by atoms with Crippen molar-refractivity contribution in [3.63, 3.8) is 0 Å². The molecule has 0 bridgehead atoms. The minimum absolute atomic E-state index is 0.170. The third-order valence-electron chi connectivity index (χ3n) is 4.92. The minimum Gasteiger partial charge on any atom is -0.466 e. The average Bonchev–Trinajstić information content (AvgIpc) is 2.46. The zero-order valence-corrected chi connectivity index (χ0v) is 12.5. The molecule has 4 atom stereocenters. The number of rotatable bonds is 5. The van der Waals surface area contributed by atoms with Gasteiger partial charge in [0.05, 0.1) is 6.61 Å². The van der Waals surface area contributed by atoms with E-state index in [1.807, 2.05) is 0 Å². The van der Waals surface area contributed by atoms with E-state index in [4.69, 9.17) is 4.74 Å². The molecule has 2 aliphatic rings. The molecule has 21 heavy (non-hydrogen) atoms. The van der Waals surface area contributed by atoms with E-state index in [0.717, 1.165) is 25.7 Å². The molecule has 0 aromatic heterocycles. The molecule has 4 unspecified atom stereocenters. The molecule has 0 N–H and O–H groups in total. The highest BCUT2D eigenvalue weighted by atomic mass is 16.6. The second-order valence-electron chi connectivity index (χ2n) is 6.17. The summed E-state index contributed by atoms with van der Waals surface area (Å²) in [6.45, 7) is 1.95. The fourth-order valence-corrected chi connectivity index (χ4v) is 4.00. The van der Waals surface area contributed by atoms with Crippen LogP contribution in [-0.4, -0.2) is 29.3 Å². The van der Waals surface area contributed by atoms with Crippen molar-refractivity contribution < 1.29 is 19.2 Å². The number of esters is 1. The van der Waals surface area contributed by atoms with Crippen molar-refractivity contribution in [3.8, 4) is 0 Å². The Labute approximate surface area is 124 Å². The Morgan fingerprint density at radius 3 is 2.62 bits per heavy atom. The standard InChI is InChI=1S/C15H23NO5/c1-2-21-15(18)9-14(17)13-8-11(16(19)20)7-10-5-3-4-6-12(10)13/h10-13H,2-9H2,1H3. The summed E-state index contributed by atoms with van der Waals surface area (Å²) in [6.07, 6.45) is 4.71. The van der Waals surface area contributed by atoms with Crippen LogP contribution in [0.5, 0.6) is 0 Å². The molecule has 0 radical (unpaired) electrons. The minimum atomic E-state index is -0.638. The fraction of sp³-hybridized carbons (Fsp3) is 0.867. The number of nitrogens with zero attached hydrogens (tertiary/aromatic N) is 1. The Morgan fingerprint density at radius 1 is 1.24 bits per heavy atom. The number of Topliss-reactive ketones (excluding diaryl/α,β-unsaturated/α-hetero) is 1. The molecule has 0 saturated heterocycles. The van der Waals surface area contributed by atoms with Crippen LogP contribution in [-0.2, 0) is 14.3 Å². The van der Waals surface area contributed by atoms with Gasteiger partial charge in [0, 0.05) is 23.7 Å². The van der Waals surface area contributed by atoms with Crippen LogP contribution in [0, 0.1) is 27.9 Å². The van der Waals surface area contributed by atoms with Gasteiger partial charge in [0.2, 0.25) is 6.04 Å². The van der Waals surface area contributed by atoms with Gasteiger partial charge in [-0.1, -0.05) is 12.8 Å². The summed E-state index contributed by atoms with van der Waals surface area (Å²) in [5.41, 5.74) is 0. The summed E-state index contributed by atoms with van der Waals surface area (Å²) in [4.78, 5) is 34.7. The monoisotopic (exact) mass is 297 g/mol. The van der Waals surface area contributed by atoms with Gasteiger partial charge in [-0.2, -0.15) is 0 Å². The summed E-state index contributed by atoms with van der Waals surface area (Å²) in [6, 6.07) is -0.638. The first-order valence-electron chi connectivity index (χ1n) is 7.84. The molecule has 6 heteroatoms. The van der Waals surface area contributed by atoms with Crippen molar-refractivity contribution in [2.45, 2.75) is 57.9 Å². The fourth-order valence-electron chi connectivity index (χ4n) is 4.00. The second kappa shape index (κ2) is 7.00. The highest BCUT2D eigenvalue weighted by Crippen LogP contribution is 2.45. The summed E-state index contributed by atoms with van der Waals surface area (Å²) in [7, 11) is 0. The molecule has 0 aliphatic heterocycles. The molecule has 0 aromatic carbocycles. The Kier molecular flexibility index (Phi) is 5.31. The van der Waals surface area contributed by atoms with Gasteiger partial charge in [0.25, 0.3) is 0 Å². The number of ether oxygens (including phenoxy) is 1. The number of hydrogen-bond acceptors (Lipinski definition) is 5. The topological polar surface area (TPSA) is 86.5 Å². The lowest BCUT2D eigenvalue weighted by atomic mass is 9.63. The van der Waals surface area contributed by atoms with E-state index >= 15 is 0 Å². The predicted molar refractivity (Wildman–Crippen MR) is 75.2 cm³/mol. The SMILES string of the molecule is CCOC(=O)CC(=O)C1CC([N+](=O)[O-])CC2CCCCC21. The van der Waals surface area contributed by atoms with Gasteiger partial charge in [-0.15, -0.1) is 0 Å². The summed E-state index contributed by atoms with van der Waals surface area (Å²) in [5.74, 6) is -0.547. The molecule has 6 nitrogen and oxygen atoms in total. The molecule has 0 amide bonds. The summed E-state index contributed by atoms with van der Waals surface area (Å²) in [5, 5.41) is 11.1. The van der Waals surface area contributed by atoms with E-state index in [1.165, 1.54) is 0 Å². The van der Waals surface area contributed by atoms with Crippen LogP contribution in [0.25, 0.3) is 0 Å². The highest BCUT2D eigenvalue weighted by molar-refractivity contribution is 5.97. The van der Waals surface area contributed by atoms with Crippen molar-refractivity contribution in [2.75, 3.05) is 6.61 Å². The van der Waals surface area contributed by atoms with Gasteiger partial charge < -0.3 is 4.74 Å². The maximum atomic E-state index is 12.4. The first-order valence-corrected chi connectivity index (χ1v) is 7.84. The van der Waals surface area contributed by atoms with E-state index in [-0.39, 0.29) is 47.9 Å². The maximum absolute atomic E-state index is 12.4. The van der Waals surface area contributed by atoms with Gasteiger partial charge in [-0.25, -0.2) is 0 Å². The second-order valence-corrected chi connectivity index (χ2v) is 6.17. The Morgan fingerprint density at radius 2 is 1.95 bits per heavy atom. The van der Waals surface area contributed by atoms with Crippen LogP contribution in [0.1, 0.15) is 51.9 Å². The molecule has 0 heterocycles. The van der Waals surface area contributed by atoms with E-state index in [9.17, 15) is 19.7 Å². The quantitative estimate of drug-likeness (QED) is 0.336. The van der Waals surface area contributed by atoms with Crippen molar-refractivity contribution in [3.05, 3.63) is 10.1 Å². The number of carbonyl (C=O) groups is 2. The largest absolute Gasteiger partial charge is 0.466 e. The van der Waals surface area contributed by atoms with Crippen molar-refractivity contribution in [1.82, 2.24) is 0 Å². The number of nitro groups is 1. The molecule has 2 aliphatic carbocycles. The van der Waals surface area contributed by atoms with Gasteiger partial charge in [0.1, 0.15) is 12.2 Å². The zero-order chi connectivity index (χ0) is 15.4. The first-order chi connectivity index (χ1) is 10.0. The number of fused-ring (bicyclic) bond motifs is 1. The van der Waals surface area contributed by atoms with Crippen molar-refractivity contribution in [2.24, 2.45) is 17.8 Å². The molecule has 2 fully saturated rings.